The smallest absolute Gasteiger partial charge is 0.288 e. The number of nitro benzene ring substituents is 1. The summed E-state index contributed by atoms with van der Waals surface area (Å²) in [7, 11) is -1.84. The fourth-order valence-electron chi connectivity index (χ4n) is 3.32. The first-order valence-electron chi connectivity index (χ1n) is 8.51. The van der Waals surface area contributed by atoms with Gasteiger partial charge in [-0.15, -0.1) is 5.10 Å². The van der Waals surface area contributed by atoms with Crippen molar-refractivity contribution in [3.8, 4) is 0 Å². The van der Waals surface area contributed by atoms with Gasteiger partial charge in [0.15, 0.2) is 15.7 Å². The Hall–Kier alpha value is -2.75. The van der Waals surface area contributed by atoms with Crippen LogP contribution in [-0.4, -0.2) is 56.0 Å². The lowest BCUT2D eigenvalue weighted by atomic mass is 10.0. The van der Waals surface area contributed by atoms with E-state index in [0.717, 1.165) is 31.5 Å². The van der Waals surface area contributed by atoms with E-state index in [0.29, 0.717) is 12.2 Å². The summed E-state index contributed by atoms with van der Waals surface area (Å²) in [6.45, 7) is 1.58. The highest BCUT2D eigenvalue weighted by Crippen LogP contribution is 2.31. The average molecular weight is 391 g/mol. The number of benzene rings is 1. The maximum atomic E-state index is 12.0. The van der Waals surface area contributed by atoms with Crippen LogP contribution in [0, 0.1) is 10.1 Å². The van der Waals surface area contributed by atoms with E-state index in [9.17, 15) is 18.5 Å². The third-order valence-electron chi connectivity index (χ3n) is 4.77. The molecule has 10 heteroatoms. The molecule has 1 aromatic carbocycles. The van der Waals surface area contributed by atoms with Crippen molar-refractivity contribution in [3.05, 3.63) is 46.6 Å². The number of anilines is 2. The Labute approximate surface area is 157 Å². The lowest BCUT2D eigenvalue weighted by molar-refractivity contribution is -0.387. The van der Waals surface area contributed by atoms with E-state index in [1.807, 2.05) is 24.1 Å². The van der Waals surface area contributed by atoms with Gasteiger partial charge in [-0.05, 0) is 37.1 Å². The van der Waals surface area contributed by atoms with Gasteiger partial charge in [-0.3, -0.25) is 10.1 Å². The van der Waals surface area contributed by atoms with Crippen LogP contribution in [0.15, 0.2) is 41.4 Å². The van der Waals surface area contributed by atoms with Crippen LogP contribution in [0.4, 0.5) is 17.2 Å². The van der Waals surface area contributed by atoms with Gasteiger partial charge in [0.1, 0.15) is 4.90 Å². The second-order valence-corrected chi connectivity index (χ2v) is 8.60. The highest BCUT2D eigenvalue weighted by molar-refractivity contribution is 7.90. The molecular formula is C17H21N5O4S. The number of nitrogens with zero attached hydrogens (tertiary/aromatic N) is 5. The second-order valence-electron chi connectivity index (χ2n) is 6.62. The van der Waals surface area contributed by atoms with E-state index in [2.05, 4.69) is 15.1 Å². The Morgan fingerprint density at radius 2 is 2.11 bits per heavy atom. The van der Waals surface area contributed by atoms with Crippen LogP contribution in [0.3, 0.4) is 0 Å². The quantitative estimate of drug-likeness (QED) is 0.561. The van der Waals surface area contributed by atoms with Crippen molar-refractivity contribution >= 4 is 27.0 Å². The molecule has 1 aliphatic heterocycles. The van der Waals surface area contributed by atoms with Gasteiger partial charge < -0.3 is 9.80 Å². The number of hydrogen-bond acceptors (Lipinski definition) is 8. The van der Waals surface area contributed by atoms with Crippen LogP contribution >= 0.6 is 0 Å². The first kappa shape index (κ1) is 19.0. The molecule has 0 amide bonds. The molecular weight excluding hydrogens is 370 g/mol. The maximum absolute atomic E-state index is 12.0. The van der Waals surface area contributed by atoms with Crippen LogP contribution in [0.1, 0.15) is 12.8 Å². The van der Waals surface area contributed by atoms with Crippen molar-refractivity contribution < 1.29 is 13.3 Å². The predicted octanol–water partition coefficient (Wildman–Crippen LogP) is 1.89. The van der Waals surface area contributed by atoms with Gasteiger partial charge in [0.2, 0.25) is 0 Å². The molecule has 0 saturated carbocycles. The third kappa shape index (κ3) is 4.16. The molecule has 0 N–H and O–H groups in total. The highest BCUT2D eigenvalue weighted by Gasteiger charge is 2.27. The van der Waals surface area contributed by atoms with Gasteiger partial charge >= 0.3 is 0 Å². The molecule has 2 heterocycles. The summed E-state index contributed by atoms with van der Waals surface area (Å²) in [5.74, 6) is 0.802. The van der Waals surface area contributed by atoms with Crippen LogP contribution in [-0.2, 0) is 9.84 Å². The number of nitro groups is 1. The molecule has 0 bridgehead atoms. The number of hydrogen-bond donors (Lipinski definition) is 0. The van der Waals surface area contributed by atoms with E-state index in [-0.39, 0.29) is 10.9 Å². The van der Waals surface area contributed by atoms with Crippen molar-refractivity contribution in [2.45, 2.75) is 23.8 Å². The summed E-state index contributed by atoms with van der Waals surface area (Å²) in [6.07, 6.45) is 4.49. The zero-order valence-corrected chi connectivity index (χ0v) is 16.0. The first-order chi connectivity index (χ1) is 12.8. The van der Waals surface area contributed by atoms with Crippen molar-refractivity contribution in [1.82, 2.24) is 10.2 Å². The van der Waals surface area contributed by atoms with Crippen LogP contribution in [0.2, 0.25) is 0 Å². The molecule has 27 heavy (non-hydrogen) atoms. The Kier molecular flexibility index (Phi) is 5.26. The van der Waals surface area contributed by atoms with Gasteiger partial charge in [0.05, 0.1) is 4.92 Å². The van der Waals surface area contributed by atoms with Crippen LogP contribution in [0.5, 0.6) is 0 Å². The van der Waals surface area contributed by atoms with E-state index in [4.69, 9.17) is 0 Å². The molecule has 0 spiro atoms. The number of sulfone groups is 1. The average Bonchev–Trinajstić information content (AvgIpc) is 2.67. The molecule has 3 rings (SSSR count). The summed E-state index contributed by atoms with van der Waals surface area (Å²) >= 11 is 0. The minimum atomic E-state index is -3.72. The first-order valence-corrected chi connectivity index (χ1v) is 10.4. The number of rotatable bonds is 5. The van der Waals surface area contributed by atoms with Gasteiger partial charge in [0, 0.05) is 50.4 Å². The largest absolute Gasteiger partial charge is 0.370 e. The minimum Gasteiger partial charge on any atom is -0.370 e. The van der Waals surface area contributed by atoms with Crippen LogP contribution in [0.25, 0.3) is 0 Å². The normalized spacial score (nSPS) is 17.6. The third-order valence-corrected chi connectivity index (χ3v) is 5.90. The highest BCUT2D eigenvalue weighted by atomic mass is 32.2. The van der Waals surface area contributed by atoms with Gasteiger partial charge in [-0.2, -0.15) is 5.10 Å². The molecule has 2 aromatic rings. The zero-order chi connectivity index (χ0) is 19.6. The molecule has 1 aliphatic rings. The summed E-state index contributed by atoms with van der Waals surface area (Å²) in [6, 6.07) is 8.09. The van der Waals surface area contributed by atoms with Crippen molar-refractivity contribution in [1.29, 1.82) is 0 Å². The SMILES string of the molecule is CN(c1ccc([N+](=O)[O-])c(S(C)(=O)=O)c1)C1CCCN(c2cccnn2)C1. The van der Waals surface area contributed by atoms with Crippen molar-refractivity contribution in [3.63, 3.8) is 0 Å². The van der Waals surface area contributed by atoms with E-state index < -0.39 is 20.4 Å². The molecule has 1 unspecified atom stereocenters. The van der Waals surface area contributed by atoms with E-state index >= 15 is 0 Å². The van der Waals surface area contributed by atoms with E-state index in [1.54, 1.807) is 12.3 Å². The van der Waals surface area contributed by atoms with Gasteiger partial charge in [-0.25, -0.2) is 8.42 Å². The molecule has 1 aromatic heterocycles. The topological polar surface area (TPSA) is 110 Å². The predicted molar refractivity (Wildman–Crippen MR) is 102 cm³/mol. The molecule has 0 aliphatic carbocycles. The molecule has 9 nitrogen and oxygen atoms in total. The fraction of sp³-hybridized carbons (Fsp3) is 0.412. The van der Waals surface area contributed by atoms with Gasteiger partial charge in [0.25, 0.3) is 5.69 Å². The summed E-state index contributed by atoms with van der Waals surface area (Å²) in [5, 5.41) is 19.2. The molecule has 0 radical (unpaired) electrons. The summed E-state index contributed by atoms with van der Waals surface area (Å²) in [4.78, 5) is 14.3. The standard InChI is InChI=1S/C17H21N5O4S/c1-20(13-7-8-15(22(23)24)16(11-13)27(2,25)26)14-5-4-10-21(12-14)17-6-3-9-18-19-17/h3,6-9,11,14H,4-5,10,12H2,1-2H3. The Morgan fingerprint density at radius 3 is 2.74 bits per heavy atom. The lowest BCUT2D eigenvalue weighted by Gasteiger charge is -2.39. The number of likely N-dealkylation sites (N-methyl/N-ethyl adjacent to an activating group) is 1. The minimum absolute atomic E-state index is 0.120. The Balaban J connectivity index is 1.87. The fourth-order valence-corrected chi connectivity index (χ4v) is 4.18. The lowest BCUT2D eigenvalue weighted by Crippen LogP contribution is -2.47. The Bertz CT molecular complexity index is 936. The molecule has 144 valence electrons. The van der Waals surface area contributed by atoms with Crippen molar-refractivity contribution in [2.75, 3.05) is 36.2 Å². The van der Waals surface area contributed by atoms with Crippen molar-refractivity contribution in [2.24, 2.45) is 0 Å². The summed E-state index contributed by atoms with van der Waals surface area (Å²) < 4.78 is 24.0. The second kappa shape index (κ2) is 7.47. The number of piperidine rings is 1. The molecule has 1 saturated heterocycles. The maximum Gasteiger partial charge on any atom is 0.288 e. The van der Waals surface area contributed by atoms with E-state index in [1.165, 1.54) is 12.1 Å². The summed E-state index contributed by atoms with van der Waals surface area (Å²) in [5.41, 5.74) is 0.228. The van der Waals surface area contributed by atoms with Gasteiger partial charge in [-0.1, -0.05) is 0 Å². The number of aromatic nitrogens is 2. The molecule has 1 atom stereocenters. The van der Waals surface area contributed by atoms with Crippen LogP contribution < -0.4 is 9.80 Å². The molecule has 1 fully saturated rings. The zero-order valence-electron chi connectivity index (χ0n) is 15.1. The Morgan fingerprint density at radius 1 is 1.33 bits per heavy atom. The monoisotopic (exact) mass is 391 g/mol.